The average molecular weight is 522 g/mol. The second-order valence-corrected chi connectivity index (χ2v) is 11.5. The van der Waals surface area contributed by atoms with Gasteiger partial charge in [0.25, 0.3) is 0 Å². The highest BCUT2D eigenvalue weighted by Gasteiger charge is 2.49. The Morgan fingerprint density at radius 1 is 1.11 bits per heavy atom. The van der Waals surface area contributed by atoms with Crippen LogP contribution in [0.25, 0.3) is 0 Å². The molecule has 0 spiro atoms. The molecule has 0 radical (unpaired) electrons. The van der Waals surface area contributed by atoms with Crippen molar-refractivity contribution in [3.05, 3.63) is 70.8 Å². The molecule has 4 rings (SSSR count). The zero-order valence-electron chi connectivity index (χ0n) is 20.1. The first kappa shape index (κ1) is 26.2. The van der Waals surface area contributed by atoms with Gasteiger partial charge >= 0.3 is 0 Å². The summed E-state index contributed by atoms with van der Waals surface area (Å²) in [7, 11) is -3.84. The maximum atomic E-state index is 15.4. The highest BCUT2D eigenvalue weighted by molar-refractivity contribution is 7.89. The second kappa shape index (κ2) is 9.87. The van der Waals surface area contributed by atoms with E-state index in [9.17, 15) is 18.0 Å². The monoisotopic (exact) mass is 521 g/mol. The summed E-state index contributed by atoms with van der Waals surface area (Å²) in [5.41, 5.74) is 4.13. The fourth-order valence-corrected chi connectivity index (χ4v) is 7.11. The first-order valence-electron chi connectivity index (χ1n) is 11.7. The molecule has 0 bridgehead atoms. The van der Waals surface area contributed by atoms with Crippen molar-refractivity contribution < 1.29 is 31.5 Å². The standard InChI is InChI=1S/C25H29F2N3O5S/c1-16-8-9-23(18-6-4-3-5-7-18)36(33,34)30(16)12-19-10-22(27)20(11-21(19)26)25(35-13-24(28)32)14-29(15-25)17(2)31/h3-7,10-11,16,23H,8-9,12-15H2,1-2H3,(H2,28,32)/t16-,23+/m0/s1. The highest BCUT2D eigenvalue weighted by Crippen LogP contribution is 2.40. The number of rotatable bonds is 7. The number of carbonyl (C=O) groups is 2. The van der Waals surface area contributed by atoms with Crippen molar-refractivity contribution in [2.75, 3.05) is 19.7 Å². The molecule has 2 heterocycles. The number of hydrogen-bond donors (Lipinski definition) is 1. The third-order valence-electron chi connectivity index (χ3n) is 6.98. The lowest BCUT2D eigenvalue weighted by Gasteiger charge is -2.49. The predicted molar refractivity (Wildman–Crippen MR) is 128 cm³/mol. The van der Waals surface area contributed by atoms with Crippen LogP contribution < -0.4 is 5.73 Å². The first-order chi connectivity index (χ1) is 16.9. The van der Waals surface area contributed by atoms with Crippen LogP contribution in [0.1, 0.15) is 48.6 Å². The van der Waals surface area contributed by atoms with Crippen LogP contribution in [0.3, 0.4) is 0 Å². The first-order valence-corrected chi connectivity index (χ1v) is 13.2. The van der Waals surface area contributed by atoms with Gasteiger partial charge in [0.15, 0.2) is 0 Å². The second-order valence-electron chi connectivity index (χ2n) is 9.46. The van der Waals surface area contributed by atoms with Crippen LogP contribution in [-0.4, -0.2) is 55.2 Å². The van der Waals surface area contributed by atoms with E-state index >= 15 is 8.78 Å². The van der Waals surface area contributed by atoms with Gasteiger partial charge < -0.3 is 15.4 Å². The normalized spacial score (nSPS) is 23.2. The van der Waals surface area contributed by atoms with Gasteiger partial charge in [0.05, 0.1) is 13.1 Å². The summed E-state index contributed by atoms with van der Waals surface area (Å²) in [6, 6.07) is 10.4. The third kappa shape index (κ3) is 4.87. The number of sulfonamides is 1. The number of likely N-dealkylation sites (tertiary alicyclic amines) is 1. The fourth-order valence-electron chi connectivity index (χ4n) is 4.92. The minimum absolute atomic E-state index is 0.0678. The maximum Gasteiger partial charge on any atom is 0.243 e. The predicted octanol–water partition coefficient (Wildman–Crippen LogP) is 2.58. The van der Waals surface area contributed by atoms with Gasteiger partial charge in [-0.3, -0.25) is 9.59 Å². The summed E-state index contributed by atoms with van der Waals surface area (Å²) in [5.74, 6) is -2.69. The summed E-state index contributed by atoms with van der Waals surface area (Å²) in [6.07, 6.45) is 1.01. The molecule has 2 N–H and O–H groups in total. The molecule has 11 heteroatoms. The Labute approximate surface area is 209 Å². The van der Waals surface area contributed by atoms with E-state index in [4.69, 9.17) is 10.5 Å². The Morgan fingerprint density at radius 2 is 1.78 bits per heavy atom. The molecule has 2 aromatic carbocycles. The van der Waals surface area contributed by atoms with Crippen molar-refractivity contribution in [2.24, 2.45) is 5.73 Å². The Kier molecular flexibility index (Phi) is 7.18. The van der Waals surface area contributed by atoms with Gasteiger partial charge in [-0.2, -0.15) is 4.31 Å². The zero-order chi connectivity index (χ0) is 26.3. The van der Waals surface area contributed by atoms with Gasteiger partial charge in [0.1, 0.15) is 29.1 Å². The molecule has 2 aliphatic rings. The van der Waals surface area contributed by atoms with Crippen LogP contribution in [0.2, 0.25) is 0 Å². The molecule has 0 saturated carbocycles. The van der Waals surface area contributed by atoms with Gasteiger partial charge in [-0.05, 0) is 37.5 Å². The Bertz CT molecular complexity index is 1260. The smallest absolute Gasteiger partial charge is 0.243 e. The number of halogens is 2. The molecule has 2 aromatic rings. The fraction of sp³-hybridized carbons (Fsp3) is 0.440. The summed E-state index contributed by atoms with van der Waals surface area (Å²) >= 11 is 0. The zero-order valence-corrected chi connectivity index (χ0v) is 20.9. The van der Waals surface area contributed by atoms with E-state index in [1.807, 2.05) is 0 Å². The Hall–Kier alpha value is -2.89. The number of primary amides is 1. The van der Waals surface area contributed by atoms with Crippen molar-refractivity contribution in [1.82, 2.24) is 9.21 Å². The molecule has 2 aliphatic heterocycles. The van der Waals surface area contributed by atoms with Crippen LogP contribution >= 0.6 is 0 Å². The van der Waals surface area contributed by atoms with Crippen LogP contribution in [0.15, 0.2) is 42.5 Å². The van der Waals surface area contributed by atoms with Crippen LogP contribution in [0.4, 0.5) is 8.78 Å². The van der Waals surface area contributed by atoms with Crippen molar-refractivity contribution in [3.8, 4) is 0 Å². The SMILES string of the molecule is CC(=O)N1CC(OCC(N)=O)(c2cc(F)c(CN3[C@@H](C)CC[C@H](c4ccccc4)S3(=O)=O)cc2F)C1. The maximum absolute atomic E-state index is 15.4. The minimum atomic E-state index is -3.84. The van der Waals surface area contributed by atoms with Crippen LogP contribution in [0.5, 0.6) is 0 Å². The Balaban J connectivity index is 1.63. The Morgan fingerprint density at radius 3 is 2.39 bits per heavy atom. The molecule has 2 fully saturated rings. The van der Waals surface area contributed by atoms with Gasteiger partial charge in [-0.25, -0.2) is 17.2 Å². The van der Waals surface area contributed by atoms with E-state index in [1.54, 1.807) is 37.3 Å². The molecular formula is C25H29F2N3O5S. The summed E-state index contributed by atoms with van der Waals surface area (Å²) in [5, 5.41) is -0.764. The van der Waals surface area contributed by atoms with Gasteiger partial charge in [-0.1, -0.05) is 30.3 Å². The van der Waals surface area contributed by atoms with Gasteiger partial charge in [0.2, 0.25) is 21.8 Å². The number of hydrogen-bond acceptors (Lipinski definition) is 5. The van der Waals surface area contributed by atoms with E-state index in [-0.39, 0.29) is 36.7 Å². The molecule has 2 amide bonds. The molecule has 36 heavy (non-hydrogen) atoms. The van der Waals surface area contributed by atoms with Crippen molar-refractivity contribution >= 4 is 21.8 Å². The molecule has 2 atom stereocenters. The summed E-state index contributed by atoms with van der Waals surface area (Å²) in [6.45, 7) is 2.09. The van der Waals surface area contributed by atoms with E-state index in [2.05, 4.69) is 0 Å². The number of amides is 2. The van der Waals surface area contributed by atoms with Gasteiger partial charge in [-0.15, -0.1) is 0 Å². The highest BCUT2D eigenvalue weighted by atomic mass is 32.2. The van der Waals surface area contributed by atoms with E-state index in [0.717, 1.165) is 12.1 Å². The number of carbonyl (C=O) groups excluding carboxylic acids is 2. The van der Waals surface area contributed by atoms with Crippen molar-refractivity contribution in [3.63, 3.8) is 0 Å². The number of nitrogens with two attached hydrogens (primary N) is 1. The quantitative estimate of drug-likeness (QED) is 0.602. The van der Waals surface area contributed by atoms with E-state index in [0.29, 0.717) is 18.4 Å². The number of ether oxygens (including phenoxy) is 1. The lowest BCUT2D eigenvalue weighted by molar-refractivity contribution is -0.174. The molecule has 2 saturated heterocycles. The average Bonchev–Trinajstić information content (AvgIpc) is 2.78. The molecule has 0 unspecified atom stereocenters. The van der Waals surface area contributed by atoms with Crippen LogP contribution in [-0.2, 0) is 36.5 Å². The number of nitrogens with zero attached hydrogens (tertiary/aromatic N) is 2. The van der Waals surface area contributed by atoms with Gasteiger partial charge in [0, 0.05) is 30.6 Å². The molecule has 8 nitrogen and oxygen atoms in total. The van der Waals surface area contributed by atoms with Crippen LogP contribution in [0, 0.1) is 11.6 Å². The molecule has 194 valence electrons. The topological polar surface area (TPSA) is 110 Å². The summed E-state index contributed by atoms with van der Waals surface area (Å²) < 4.78 is 64.4. The van der Waals surface area contributed by atoms with Crippen molar-refractivity contribution in [1.29, 1.82) is 0 Å². The minimum Gasteiger partial charge on any atom is -0.368 e. The molecule has 0 aliphatic carbocycles. The lowest BCUT2D eigenvalue weighted by Crippen LogP contribution is -2.63. The molecular weight excluding hydrogens is 492 g/mol. The number of benzene rings is 2. The molecule has 0 aromatic heterocycles. The van der Waals surface area contributed by atoms with E-state index in [1.165, 1.54) is 16.1 Å². The lowest BCUT2D eigenvalue weighted by atomic mass is 9.84. The van der Waals surface area contributed by atoms with E-state index < -0.39 is 51.1 Å². The third-order valence-corrected chi connectivity index (χ3v) is 9.35. The largest absolute Gasteiger partial charge is 0.368 e. The van der Waals surface area contributed by atoms with Crippen molar-refractivity contribution in [2.45, 2.75) is 50.1 Å². The summed E-state index contributed by atoms with van der Waals surface area (Å²) in [4.78, 5) is 24.3.